The Morgan fingerprint density at radius 3 is 2.33 bits per heavy atom. The van der Waals surface area contributed by atoms with Crippen LogP contribution >= 0.6 is 0 Å². The van der Waals surface area contributed by atoms with Gasteiger partial charge >= 0.3 is 5.97 Å². The second kappa shape index (κ2) is 3.97. The summed E-state index contributed by atoms with van der Waals surface area (Å²) >= 11 is 0. The van der Waals surface area contributed by atoms with Crippen LogP contribution in [0.15, 0.2) is 18.2 Å². The highest BCUT2D eigenvalue weighted by molar-refractivity contribution is 6.12. The molecule has 0 heterocycles. The lowest BCUT2D eigenvalue weighted by Crippen LogP contribution is -2.29. The normalized spacial score (nSPS) is 12.1. The Morgan fingerprint density at radius 2 is 1.80 bits per heavy atom. The van der Waals surface area contributed by atoms with E-state index in [1.54, 1.807) is 0 Å². The van der Waals surface area contributed by atoms with Gasteiger partial charge in [-0.05, 0) is 12.1 Å². The molecule has 1 unspecified atom stereocenters. The van der Waals surface area contributed by atoms with Gasteiger partial charge in [-0.25, -0.2) is 4.79 Å². The molecule has 1 rings (SSSR count). The molecule has 0 aliphatic heterocycles. The fourth-order valence-corrected chi connectivity index (χ4v) is 0.990. The van der Waals surface area contributed by atoms with Crippen LogP contribution in [0, 0.1) is 0 Å². The van der Waals surface area contributed by atoms with E-state index in [9.17, 15) is 14.7 Å². The first-order valence-corrected chi connectivity index (χ1v) is 3.91. The van der Waals surface area contributed by atoms with Crippen molar-refractivity contribution in [3.05, 3.63) is 23.8 Å². The minimum absolute atomic E-state index is 0.440. The van der Waals surface area contributed by atoms with E-state index in [4.69, 9.17) is 15.3 Å². The quantitative estimate of drug-likeness (QED) is 0.311. The van der Waals surface area contributed by atoms with Gasteiger partial charge in [0.05, 0.1) is 5.56 Å². The van der Waals surface area contributed by atoms with Crippen LogP contribution < -0.4 is 0 Å². The van der Waals surface area contributed by atoms with Crippen LogP contribution in [0.1, 0.15) is 10.4 Å². The van der Waals surface area contributed by atoms with Crippen molar-refractivity contribution in [3.8, 4) is 11.5 Å². The Morgan fingerprint density at radius 1 is 1.20 bits per heavy atom. The highest BCUT2D eigenvalue weighted by Gasteiger charge is 2.27. The highest BCUT2D eigenvalue weighted by Crippen LogP contribution is 2.28. The number of aliphatic hydroxyl groups excluding tert-OH is 1. The summed E-state index contributed by atoms with van der Waals surface area (Å²) in [4.78, 5) is 21.6. The molecular formula is C9H8O6. The van der Waals surface area contributed by atoms with Gasteiger partial charge in [-0.1, -0.05) is 6.07 Å². The van der Waals surface area contributed by atoms with Gasteiger partial charge in [0.25, 0.3) is 0 Å². The number of para-hydroxylation sites is 1. The van der Waals surface area contributed by atoms with Crippen molar-refractivity contribution in [1.29, 1.82) is 0 Å². The number of ketones is 1. The standard InChI is InChI=1S/C9H8O6/c10-5-3-1-2-4(6(5)11)7(12)8(13)9(14)15/h1-3,8,10-11,13H,(H,14,15). The molecule has 0 saturated carbocycles. The van der Waals surface area contributed by atoms with E-state index in [-0.39, 0.29) is 0 Å². The topological polar surface area (TPSA) is 115 Å². The molecule has 1 aromatic rings. The van der Waals surface area contributed by atoms with E-state index in [0.717, 1.165) is 12.1 Å². The Balaban J connectivity index is 3.12. The third kappa shape index (κ3) is 2.05. The molecule has 4 N–H and O–H groups in total. The summed E-state index contributed by atoms with van der Waals surface area (Å²) in [6.07, 6.45) is -2.25. The van der Waals surface area contributed by atoms with Crippen molar-refractivity contribution in [2.24, 2.45) is 0 Å². The molecule has 0 radical (unpaired) electrons. The maximum absolute atomic E-state index is 11.3. The number of aliphatic carboxylic acids is 1. The van der Waals surface area contributed by atoms with E-state index < -0.39 is 34.9 Å². The zero-order valence-electron chi connectivity index (χ0n) is 7.41. The smallest absolute Gasteiger partial charge is 0.340 e. The van der Waals surface area contributed by atoms with Crippen molar-refractivity contribution < 1.29 is 30.0 Å². The van der Waals surface area contributed by atoms with Crippen LogP contribution in [-0.4, -0.2) is 38.3 Å². The number of Topliss-reactive ketones (excluding diaryl/α,β-unsaturated/α-hetero) is 1. The van der Waals surface area contributed by atoms with Crippen LogP contribution in [0.4, 0.5) is 0 Å². The van der Waals surface area contributed by atoms with Crippen LogP contribution in [0.25, 0.3) is 0 Å². The molecule has 1 atom stereocenters. The predicted octanol–water partition coefficient (Wildman–Crippen LogP) is -0.274. The van der Waals surface area contributed by atoms with Gasteiger partial charge < -0.3 is 20.4 Å². The lowest BCUT2D eigenvalue weighted by Gasteiger charge is -2.07. The highest BCUT2D eigenvalue weighted by atomic mass is 16.4. The maximum atomic E-state index is 11.3. The maximum Gasteiger partial charge on any atom is 0.340 e. The van der Waals surface area contributed by atoms with Gasteiger partial charge in [0.1, 0.15) is 0 Å². The van der Waals surface area contributed by atoms with Gasteiger partial charge in [0.2, 0.25) is 11.9 Å². The largest absolute Gasteiger partial charge is 0.504 e. The lowest BCUT2D eigenvalue weighted by molar-refractivity contribution is -0.143. The number of carbonyl (C=O) groups excluding carboxylic acids is 1. The summed E-state index contributed by atoms with van der Waals surface area (Å²) in [5.41, 5.74) is -0.440. The number of rotatable bonds is 3. The molecule has 0 fully saturated rings. The van der Waals surface area contributed by atoms with Gasteiger partial charge in [-0.15, -0.1) is 0 Å². The molecule has 1 aromatic carbocycles. The number of aromatic hydroxyl groups is 2. The lowest BCUT2D eigenvalue weighted by atomic mass is 10.0. The first-order chi connectivity index (χ1) is 6.95. The van der Waals surface area contributed by atoms with Crippen molar-refractivity contribution in [1.82, 2.24) is 0 Å². The molecule has 0 aromatic heterocycles. The Labute approximate surface area is 84.0 Å². The first-order valence-electron chi connectivity index (χ1n) is 3.91. The number of hydrogen-bond acceptors (Lipinski definition) is 5. The van der Waals surface area contributed by atoms with Gasteiger partial charge in [0.15, 0.2) is 11.5 Å². The van der Waals surface area contributed by atoms with Gasteiger partial charge in [0, 0.05) is 0 Å². The van der Waals surface area contributed by atoms with Crippen LogP contribution in [0.2, 0.25) is 0 Å². The number of carbonyl (C=O) groups is 2. The molecule has 80 valence electrons. The average Bonchev–Trinajstić information content (AvgIpc) is 2.20. The summed E-state index contributed by atoms with van der Waals surface area (Å²) in [5, 5.41) is 35.5. The second-order valence-electron chi connectivity index (χ2n) is 2.78. The van der Waals surface area contributed by atoms with Crippen LogP contribution in [0.5, 0.6) is 11.5 Å². The van der Waals surface area contributed by atoms with Crippen LogP contribution in [-0.2, 0) is 4.79 Å². The third-order valence-corrected chi connectivity index (χ3v) is 1.76. The molecule has 6 heteroatoms. The molecule has 6 nitrogen and oxygen atoms in total. The first kappa shape index (κ1) is 11.0. The molecule has 15 heavy (non-hydrogen) atoms. The zero-order chi connectivity index (χ0) is 11.6. The average molecular weight is 212 g/mol. The summed E-state index contributed by atoms with van der Waals surface area (Å²) in [6, 6.07) is 3.47. The number of carboxylic acid groups (broad SMARTS) is 1. The minimum atomic E-state index is -2.25. The Bertz CT molecular complexity index is 411. The van der Waals surface area contributed by atoms with Crippen LogP contribution in [0.3, 0.4) is 0 Å². The SMILES string of the molecule is O=C(O)C(O)C(=O)c1cccc(O)c1O. The number of benzene rings is 1. The minimum Gasteiger partial charge on any atom is -0.504 e. The van der Waals surface area contributed by atoms with Gasteiger partial charge in [-0.3, -0.25) is 4.79 Å². The van der Waals surface area contributed by atoms with E-state index in [1.807, 2.05) is 0 Å². The predicted molar refractivity (Wildman–Crippen MR) is 47.7 cm³/mol. The van der Waals surface area contributed by atoms with Crippen molar-refractivity contribution >= 4 is 11.8 Å². The molecule has 0 aliphatic rings. The van der Waals surface area contributed by atoms with Crippen molar-refractivity contribution in [2.75, 3.05) is 0 Å². The molecular weight excluding hydrogens is 204 g/mol. The zero-order valence-corrected chi connectivity index (χ0v) is 7.41. The molecule has 0 spiro atoms. The molecule has 0 aliphatic carbocycles. The van der Waals surface area contributed by atoms with Gasteiger partial charge in [-0.2, -0.15) is 0 Å². The monoisotopic (exact) mass is 212 g/mol. The summed E-state index contributed by atoms with van der Waals surface area (Å²) in [5.74, 6) is -4.21. The van der Waals surface area contributed by atoms with E-state index in [2.05, 4.69) is 0 Å². The van der Waals surface area contributed by atoms with E-state index >= 15 is 0 Å². The Hall–Kier alpha value is -2.08. The fourth-order valence-electron chi connectivity index (χ4n) is 0.990. The number of phenolic OH excluding ortho intramolecular Hbond substituents is 2. The number of carboxylic acids is 1. The number of phenols is 2. The molecule has 0 amide bonds. The molecule has 0 saturated heterocycles. The van der Waals surface area contributed by atoms with E-state index in [0.29, 0.717) is 0 Å². The van der Waals surface area contributed by atoms with Crippen molar-refractivity contribution in [3.63, 3.8) is 0 Å². The number of aliphatic hydroxyl groups is 1. The summed E-state index contributed by atoms with van der Waals surface area (Å²) < 4.78 is 0. The Kier molecular flexibility index (Phi) is 2.91. The summed E-state index contributed by atoms with van der Waals surface area (Å²) in [6.45, 7) is 0. The number of hydrogen-bond donors (Lipinski definition) is 4. The second-order valence-corrected chi connectivity index (χ2v) is 2.78. The third-order valence-electron chi connectivity index (χ3n) is 1.76. The van der Waals surface area contributed by atoms with Crippen molar-refractivity contribution in [2.45, 2.75) is 6.10 Å². The molecule has 0 bridgehead atoms. The summed E-state index contributed by atoms with van der Waals surface area (Å²) in [7, 11) is 0. The van der Waals surface area contributed by atoms with E-state index in [1.165, 1.54) is 6.07 Å². The fraction of sp³-hybridized carbons (Fsp3) is 0.111.